The Labute approximate surface area is 168 Å². The molecule has 3 aromatic carbocycles. The number of aliphatic hydroxyl groups is 1. The van der Waals surface area contributed by atoms with E-state index in [-0.39, 0.29) is 18.7 Å². The van der Waals surface area contributed by atoms with Gasteiger partial charge in [-0.15, -0.1) is 0 Å². The van der Waals surface area contributed by atoms with E-state index in [1.54, 1.807) is 6.07 Å². The Balaban J connectivity index is 1.57. The predicted octanol–water partition coefficient (Wildman–Crippen LogP) is 3.64. The molecule has 29 heavy (non-hydrogen) atoms. The molecule has 5 heteroatoms. The van der Waals surface area contributed by atoms with Crippen molar-refractivity contribution in [2.75, 3.05) is 6.61 Å². The summed E-state index contributed by atoms with van der Waals surface area (Å²) >= 11 is 0. The maximum atomic E-state index is 12.9. The van der Waals surface area contributed by atoms with Gasteiger partial charge in [0.15, 0.2) is 0 Å². The molecule has 146 valence electrons. The van der Waals surface area contributed by atoms with E-state index in [9.17, 15) is 9.90 Å². The molecule has 0 aliphatic heterocycles. The lowest BCUT2D eigenvalue weighted by molar-refractivity contribution is 0.0181. The summed E-state index contributed by atoms with van der Waals surface area (Å²) in [5.41, 5.74) is 2.46. The van der Waals surface area contributed by atoms with Crippen LogP contribution in [0.25, 0.3) is 22.0 Å². The number of benzene rings is 3. The molecule has 0 saturated carbocycles. The fourth-order valence-electron chi connectivity index (χ4n) is 3.31. The van der Waals surface area contributed by atoms with E-state index in [1.165, 1.54) is 4.68 Å². The first kappa shape index (κ1) is 19.1. The van der Waals surface area contributed by atoms with Gasteiger partial charge in [-0.05, 0) is 11.6 Å². The van der Waals surface area contributed by atoms with Gasteiger partial charge < -0.3 is 9.84 Å². The predicted molar refractivity (Wildman–Crippen MR) is 114 cm³/mol. The third-order valence-corrected chi connectivity index (χ3v) is 4.72. The zero-order valence-corrected chi connectivity index (χ0v) is 15.9. The Morgan fingerprint density at radius 1 is 0.862 bits per heavy atom. The molecule has 0 radical (unpaired) electrons. The Morgan fingerprint density at radius 3 is 2.21 bits per heavy atom. The molecule has 0 aliphatic rings. The van der Waals surface area contributed by atoms with Crippen molar-refractivity contribution in [2.24, 2.45) is 0 Å². The summed E-state index contributed by atoms with van der Waals surface area (Å²) in [6, 6.07) is 26.9. The lowest BCUT2D eigenvalue weighted by atomic mass is 10.1. The van der Waals surface area contributed by atoms with Gasteiger partial charge in [-0.3, -0.25) is 4.79 Å². The summed E-state index contributed by atoms with van der Waals surface area (Å²) in [5, 5.41) is 16.4. The van der Waals surface area contributed by atoms with E-state index < -0.39 is 6.10 Å². The average Bonchev–Trinajstić information content (AvgIpc) is 2.77. The maximum absolute atomic E-state index is 12.9. The number of aliphatic hydroxyl groups excluding tert-OH is 1. The van der Waals surface area contributed by atoms with Gasteiger partial charge >= 0.3 is 0 Å². The smallest absolute Gasteiger partial charge is 0.274 e. The van der Waals surface area contributed by atoms with Crippen LogP contribution in [0.15, 0.2) is 89.7 Å². The molecule has 0 aliphatic carbocycles. The molecule has 4 aromatic rings. The van der Waals surface area contributed by atoms with Crippen LogP contribution in [0.3, 0.4) is 0 Å². The van der Waals surface area contributed by atoms with Gasteiger partial charge in [-0.25, -0.2) is 4.68 Å². The first-order chi connectivity index (χ1) is 14.2. The van der Waals surface area contributed by atoms with Crippen LogP contribution < -0.4 is 5.56 Å². The highest BCUT2D eigenvalue weighted by atomic mass is 16.5. The summed E-state index contributed by atoms with van der Waals surface area (Å²) in [7, 11) is 0. The quantitative estimate of drug-likeness (QED) is 0.527. The van der Waals surface area contributed by atoms with Crippen molar-refractivity contribution < 1.29 is 9.84 Å². The van der Waals surface area contributed by atoms with Gasteiger partial charge in [0.05, 0.1) is 36.9 Å². The zero-order valence-electron chi connectivity index (χ0n) is 15.9. The van der Waals surface area contributed by atoms with E-state index >= 15 is 0 Å². The molecule has 1 unspecified atom stereocenters. The van der Waals surface area contributed by atoms with Crippen LogP contribution in [-0.2, 0) is 17.9 Å². The molecule has 1 N–H and O–H groups in total. The van der Waals surface area contributed by atoms with Crippen molar-refractivity contribution in [1.82, 2.24) is 9.78 Å². The Bertz CT molecular complexity index is 1140. The van der Waals surface area contributed by atoms with Crippen LogP contribution in [0.1, 0.15) is 5.56 Å². The zero-order chi connectivity index (χ0) is 20.1. The fourth-order valence-corrected chi connectivity index (χ4v) is 3.31. The number of rotatable bonds is 7. The van der Waals surface area contributed by atoms with Crippen molar-refractivity contribution in [1.29, 1.82) is 0 Å². The van der Waals surface area contributed by atoms with Gasteiger partial charge in [0.25, 0.3) is 5.56 Å². The number of ether oxygens (including phenoxy) is 1. The van der Waals surface area contributed by atoms with E-state index in [0.29, 0.717) is 12.0 Å². The molecule has 1 atom stereocenters. The average molecular weight is 386 g/mol. The normalized spacial score (nSPS) is 12.2. The minimum absolute atomic E-state index is 0.0677. The van der Waals surface area contributed by atoms with E-state index in [1.807, 2.05) is 78.9 Å². The molecular formula is C24H22N2O3. The van der Waals surface area contributed by atoms with Gasteiger partial charge in [-0.2, -0.15) is 5.10 Å². The van der Waals surface area contributed by atoms with Crippen molar-refractivity contribution in [3.8, 4) is 11.3 Å². The maximum Gasteiger partial charge on any atom is 0.274 e. The number of aromatic nitrogens is 2. The van der Waals surface area contributed by atoms with E-state index in [2.05, 4.69) is 5.10 Å². The second-order valence-electron chi connectivity index (χ2n) is 6.90. The molecule has 0 saturated heterocycles. The molecule has 0 fully saturated rings. The molecule has 1 aromatic heterocycles. The Kier molecular flexibility index (Phi) is 5.79. The van der Waals surface area contributed by atoms with Crippen LogP contribution in [-0.4, -0.2) is 27.6 Å². The Morgan fingerprint density at radius 2 is 1.48 bits per heavy atom. The number of hydrogen-bond donors (Lipinski definition) is 1. The minimum Gasteiger partial charge on any atom is -0.389 e. The fraction of sp³-hybridized carbons (Fsp3) is 0.167. The SMILES string of the molecule is O=c1c2ccccc2c(-c2ccccc2)nn1CC(O)COCc1ccccc1. The molecule has 0 spiro atoms. The molecule has 1 heterocycles. The van der Waals surface area contributed by atoms with E-state index in [0.717, 1.165) is 22.2 Å². The van der Waals surface area contributed by atoms with Gasteiger partial charge in [-0.1, -0.05) is 78.9 Å². The summed E-state index contributed by atoms with van der Waals surface area (Å²) in [6.45, 7) is 0.599. The van der Waals surface area contributed by atoms with Crippen LogP contribution in [0.2, 0.25) is 0 Å². The van der Waals surface area contributed by atoms with Crippen molar-refractivity contribution in [3.05, 3.63) is 101 Å². The van der Waals surface area contributed by atoms with Crippen LogP contribution in [0, 0.1) is 0 Å². The lowest BCUT2D eigenvalue weighted by Gasteiger charge is -2.15. The number of fused-ring (bicyclic) bond motifs is 1. The van der Waals surface area contributed by atoms with Gasteiger partial charge in [0.2, 0.25) is 0 Å². The molecular weight excluding hydrogens is 364 g/mol. The van der Waals surface area contributed by atoms with Crippen molar-refractivity contribution in [2.45, 2.75) is 19.3 Å². The molecule has 5 nitrogen and oxygen atoms in total. The van der Waals surface area contributed by atoms with Crippen LogP contribution in [0.4, 0.5) is 0 Å². The first-order valence-electron chi connectivity index (χ1n) is 9.57. The highest BCUT2D eigenvalue weighted by Gasteiger charge is 2.14. The topological polar surface area (TPSA) is 64.4 Å². The van der Waals surface area contributed by atoms with E-state index in [4.69, 9.17) is 4.74 Å². The molecule has 4 rings (SSSR count). The Hall–Kier alpha value is -3.28. The van der Waals surface area contributed by atoms with Gasteiger partial charge in [0.1, 0.15) is 0 Å². The second-order valence-corrected chi connectivity index (χ2v) is 6.90. The molecule has 0 bridgehead atoms. The first-order valence-corrected chi connectivity index (χ1v) is 9.57. The number of nitrogens with zero attached hydrogens (tertiary/aromatic N) is 2. The second kappa shape index (κ2) is 8.82. The highest BCUT2D eigenvalue weighted by molar-refractivity contribution is 5.93. The number of hydrogen-bond acceptors (Lipinski definition) is 4. The largest absolute Gasteiger partial charge is 0.389 e. The third kappa shape index (κ3) is 4.42. The minimum atomic E-state index is -0.839. The summed E-state index contributed by atoms with van der Waals surface area (Å²) < 4.78 is 6.94. The monoisotopic (exact) mass is 386 g/mol. The summed E-state index contributed by atoms with van der Waals surface area (Å²) in [4.78, 5) is 12.9. The summed E-state index contributed by atoms with van der Waals surface area (Å²) in [5.74, 6) is 0. The summed E-state index contributed by atoms with van der Waals surface area (Å²) in [6.07, 6.45) is -0.839. The van der Waals surface area contributed by atoms with Crippen LogP contribution >= 0.6 is 0 Å². The van der Waals surface area contributed by atoms with Gasteiger partial charge in [0, 0.05) is 10.9 Å². The molecule has 0 amide bonds. The standard InChI is InChI=1S/C24H22N2O3/c27-20(17-29-16-18-9-3-1-4-10-18)15-26-24(28)22-14-8-7-13-21(22)23(25-26)19-11-5-2-6-12-19/h1-14,20,27H,15-17H2. The van der Waals surface area contributed by atoms with Crippen molar-refractivity contribution >= 4 is 10.8 Å². The highest BCUT2D eigenvalue weighted by Crippen LogP contribution is 2.24. The lowest BCUT2D eigenvalue weighted by Crippen LogP contribution is -2.31. The van der Waals surface area contributed by atoms with Crippen LogP contribution in [0.5, 0.6) is 0 Å². The third-order valence-electron chi connectivity index (χ3n) is 4.72. The van der Waals surface area contributed by atoms with Crippen molar-refractivity contribution in [3.63, 3.8) is 0 Å².